The predicted molar refractivity (Wildman–Crippen MR) is 145 cm³/mol. The molecular formula is C25H36F2N6S2. The van der Waals surface area contributed by atoms with Crippen LogP contribution in [-0.4, -0.2) is 53.1 Å². The van der Waals surface area contributed by atoms with Crippen molar-refractivity contribution in [3.05, 3.63) is 63.3 Å². The summed E-state index contributed by atoms with van der Waals surface area (Å²) < 4.78 is 27.0. The highest BCUT2D eigenvalue weighted by atomic mass is 32.2. The molecule has 0 amide bonds. The summed E-state index contributed by atoms with van der Waals surface area (Å²) in [5.74, 6) is 4.84. The van der Waals surface area contributed by atoms with Crippen molar-refractivity contribution in [2.75, 3.05) is 32.4 Å². The van der Waals surface area contributed by atoms with E-state index in [2.05, 4.69) is 28.1 Å². The van der Waals surface area contributed by atoms with Gasteiger partial charge < -0.3 is 21.4 Å². The normalized spacial score (nSPS) is 23.0. The molecule has 0 aromatic carbocycles. The van der Waals surface area contributed by atoms with Crippen molar-refractivity contribution in [1.82, 2.24) is 14.8 Å². The quantitative estimate of drug-likeness (QED) is 0.139. The standard InChI is InChI=1S/C25H36F2N6S2/c1-16(2)35-22(17(3)28)23(31-29)32(6)18(4)34-11-7-10-33-14-20-12-25(20,15-33)19-8-9-21(30-13-19)24(5,26)27/h8-9,13,20H,1,4,7,10-12,14-15,28-29H2,2-3,5-6H3/b22-17-,31-23-. The van der Waals surface area contributed by atoms with Crippen LogP contribution in [0, 0.1) is 5.92 Å². The number of pyridine rings is 1. The minimum atomic E-state index is -2.90. The highest BCUT2D eigenvalue weighted by Gasteiger charge is 2.60. The van der Waals surface area contributed by atoms with Crippen LogP contribution in [0.25, 0.3) is 0 Å². The van der Waals surface area contributed by atoms with Crippen molar-refractivity contribution in [3.8, 4) is 0 Å². The number of halogens is 2. The maximum Gasteiger partial charge on any atom is 0.286 e. The Bertz CT molecular complexity index is 1010. The summed E-state index contributed by atoms with van der Waals surface area (Å²) >= 11 is 3.11. The first-order chi connectivity index (χ1) is 16.4. The van der Waals surface area contributed by atoms with Crippen LogP contribution in [0.3, 0.4) is 0 Å². The van der Waals surface area contributed by atoms with Crippen LogP contribution in [-0.2, 0) is 11.3 Å². The van der Waals surface area contributed by atoms with Crippen LogP contribution in [0.4, 0.5) is 8.78 Å². The van der Waals surface area contributed by atoms with Gasteiger partial charge in [-0.05, 0) is 55.7 Å². The number of piperidine rings is 1. The van der Waals surface area contributed by atoms with Gasteiger partial charge in [-0.15, -0.1) is 11.8 Å². The number of nitrogens with zero attached hydrogens (tertiary/aromatic N) is 4. The van der Waals surface area contributed by atoms with E-state index >= 15 is 0 Å². The van der Waals surface area contributed by atoms with Gasteiger partial charge in [0, 0.05) is 50.1 Å². The largest absolute Gasteiger partial charge is 0.401 e. The Morgan fingerprint density at radius 2 is 2.09 bits per heavy atom. The molecule has 4 N–H and O–H groups in total. The molecule has 0 bridgehead atoms. The second kappa shape index (κ2) is 10.9. The summed E-state index contributed by atoms with van der Waals surface area (Å²) in [5.41, 5.74) is 7.69. The zero-order valence-electron chi connectivity index (χ0n) is 21.0. The number of nitrogens with two attached hydrogens (primary N) is 2. The van der Waals surface area contributed by atoms with E-state index in [9.17, 15) is 8.78 Å². The second-order valence-corrected chi connectivity index (χ2v) is 12.0. The Kier molecular flexibility index (Phi) is 8.60. The number of hydrogen-bond acceptors (Lipinski definition) is 7. The summed E-state index contributed by atoms with van der Waals surface area (Å²) in [7, 11) is 1.88. The Morgan fingerprint density at radius 1 is 1.37 bits per heavy atom. The van der Waals surface area contributed by atoms with Gasteiger partial charge in [-0.1, -0.05) is 31.0 Å². The fraction of sp³-hybridized carbons (Fsp3) is 0.520. The number of rotatable bonds is 11. The number of fused-ring (bicyclic) bond motifs is 1. The maximum absolute atomic E-state index is 13.5. The molecular weight excluding hydrogens is 486 g/mol. The van der Waals surface area contributed by atoms with Gasteiger partial charge in [-0.2, -0.15) is 13.9 Å². The van der Waals surface area contributed by atoms with E-state index in [1.807, 2.05) is 31.9 Å². The lowest BCUT2D eigenvalue weighted by atomic mass is 9.96. The van der Waals surface area contributed by atoms with Crippen molar-refractivity contribution >= 4 is 29.4 Å². The molecule has 2 atom stereocenters. The van der Waals surface area contributed by atoms with E-state index in [0.29, 0.717) is 17.5 Å². The molecule has 2 unspecified atom stereocenters. The van der Waals surface area contributed by atoms with E-state index in [1.165, 1.54) is 17.8 Å². The molecule has 1 aromatic rings. The third-order valence-corrected chi connectivity index (χ3v) is 8.70. The molecule has 3 rings (SSSR count). The van der Waals surface area contributed by atoms with Crippen LogP contribution in [0.15, 0.2) is 57.1 Å². The van der Waals surface area contributed by atoms with Gasteiger partial charge >= 0.3 is 0 Å². The molecule has 0 radical (unpaired) electrons. The van der Waals surface area contributed by atoms with E-state index in [4.69, 9.17) is 11.6 Å². The highest BCUT2D eigenvalue weighted by molar-refractivity contribution is 8.07. The van der Waals surface area contributed by atoms with E-state index in [1.54, 1.807) is 18.0 Å². The molecule has 6 nitrogen and oxygen atoms in total. The number of thioether (sulfide) groups is 2. The van der Waals surface area contributed by atoms with Crippen LogP contribution in [0.2, 0.25) is 0 Å². The van der Waals surface area contributed by atoms with Crippen molar-refractivity contribution in [1.29, 1.82) is 0 Å². The number of hydrazone groups is 1. The lowest BCUT2D eigenvalue weighted by Gasteiger charge is -2.25. The maximum atomic E-state index is 13.5. The van der Waals surface area contributed by atoms with Crippen LogP contribution < -0.4 is 11.6 Å². The zero-order chi connectivity index (χ0) is 26.0. The summed E-state index contributed by atoms with van der Waals surface area (Å²) in [6.07, 6.45) is 3.78. The minimum Gasteiger partial charge on any atom is -0.401 e. The average Bonchev–Trinajstić information content (AvgIpc) is 3.36. The molecule has 2 aliphatic rings. The highest BCUT2D eigenvalue weighted by Crippen LogP contribution is 2.58. The first-order valence-electron chi connectivity index (χ1n) is 11.6. The second-order valence-electron chi connectivity index (χ2n) is 9.54. The predicted octanol–water partition coefficient (Wildman–Crippen LogP) is 5.02. The SMILES string of the molecule is C=C(C)SC(/C(=N/N)N(C)C(=C)SCCCN1CC2CC2(c2ccc(C(C)(F)F)nc2)C1)=C(/C)N. The van der Waals surface area contributed by atoms with Gasteiger partial charge in [0.2, 0.25) is 0 Å². The molecule has 1 aromatic heterocycles. The van der Waals surface area contributed by atoms with Gasteiger partial charge in [-0.25, -0.2) is 0 Å². The number of allylic oxidation sites excluding steroid dienone is 2. The van der Waals surface area contributed by atoms with E-state index in [0.717, 1.165) is 65.6 Å². The Hall–Kier alpha value is -2.04. The smallest absolute Gasteiger partial charge is 0.286 e. The third-order valence-electron chi connectivity index (χ3n) is 6.54. The number of likely N-dealkylation sites (tertiary alicyclic amines) is 1. The monoisotopic (exact) mass is 522 g/mol. The number of alkyl halides is 2. The summed E-state index contributed by atoms with van der Waals surface area (Å²) in [4.78, 5) is 10.0. The lowest BCUT2D eigenvalue weighted by Crippen LogP contribution is -2.29. The van der Waals surface area contributed by atoms with Gasteiger partial charge in [0.05, 0.1) is 9.93 Å². The number of aromatic nitrogens is 1. The molecule has 35 heavy (non-hydrogen) atoms. The van der Waals surface area contributed by atoms with Gasteiger partial charge in [-0.3, -0.25) is 4.98 Å². The first kappa shape index (κ1) is 27.5. The minimum absolute atomic E-state index is 0.0851. The van der Waals surface area contributed by atoms with Crippen LogP contribution >= 0.6 is 23.5 Å². The van der Waals surface area contributed by atoms with Crippen LogP contribution in [0.1, 0.15) is 44.9 Å². The molecule has 1 aliphatic heterocycles. The van der Waals surface area contributed by atoms with Gasteiger partial charge in [0.15, 0.2) is 5.84 Å². The molecule has 1 aliphatic carbocycles. The molecule has 192 valence electrons. The fourth-order valence-electron chi connectivity index (χ4n) is 4.62. The average molecular weight is 523 g/mol. The summed E-state index contributed by atoms with van der Waals surface area (Å²) in [6, 6.07) is 3.31. The molecule has 0 spiro atoms. The van der Waals surface area contributed by atoms with Crippen molar-refractivity contribution in [2.45, 2.75) is 45.0 Å². The Balaban J connectivity index is 1.47. The molecule has 1 saturated heterocycles. The Labute approximate surface area is 216 Å². The molecule has 1 saturated carbocycles. The van der Waals surface area contributed by atoms with Crippen LogP contribution in [0.5, 0.6) is 0 Å². The third kappa shape index (κ3) is 6.40. The van der Waals surface area contributed by atoms with E-state index in [-0.39, 0.29) is 11.1 Å². The van der Waals surface area contributed by atoms with Gasteiger partial charge in [0.1, 0.15) is 5.69 Å². The molecule has 2 fully saturated rings. The summed E-state index contributed by atoms with van der Waals surface area (Å²) in [5, 5.41) is 4.80. The molecule has 10 heteroatoms. The summed E-state index contributed by atoms with van der Waals surface area (Å²) in [6.45, 7) is 15.7. The topological polar surface area (TPSA) is 83.8 Å². The van der Waals surface area contributed by atoms with Gasteiger partial charge in [0.25, 0.3) is 5.92 Å². The first-order valence-corrected chi connectivity index (χ1v) is 13.4. The van der Waals surface area contributed by atoms with E-state index < -0.39 is 5.92 Å². The molecule has 2 heterocycles. The number of likely N-dealkylation sites (N-methyl/N-ethyl adjacent to an activating group) is 1. The van der Waals surface area contributed by atoms with Crippen molar-refractivity contribution in [3.63, 3.8) is 0 Å². The Morgan fingerprint density at radius 3 is 2.63 bits per heavy atom. The number of hydrogen-bond donors (Lipinski definition) is 2. The fourth-order valence-corrected chi connectivity index (χ4v) is 6.20. The zero-order valence-corrected chi connectivity index (χ0v) is 22.6. The lowest BCUT2D eigenvalue weighted by molar-refractivity contribution is 0.0127. The van der Waals surface area contributed by atoms with Crippen molar-refractivity contribution < 1.29 is 8.78 Å². The number of amidine groups is 1. The van der Waals surface area contributed by atoms with Crippen molar-refractivity contribution in [2.24, 2.45) is 22.6 Å².